The van der Waals surface area contributed by atoms with Gasteiger partial charge in [-0.2, -0.15) is 0 Å². The van der Waals surface area contributed by atoms with Crippen LogP contribution >= 0.6 is 12.2 Å². The average molecular weight is 309 g/mol. The third kappa shape index (κ3) is 6.53. The molecule has 1 aromatic carbocycles. The Labute approximate surface area is 131 Å². The van der Waals surface area contributed by atoms with Crippen molar-refractivity contribution >= 4 is 28.7 Å². The molecule has 0 saturated carbocycles. The Bertz CT molecular complexity index is 462. The van der Waals surface area contributed by atoms with Crippen molar-refractivity contribution in [2.45, 2.75) is 39.5 Å². The third-order valence-electron chi connectivity index (χ3n) is 3.43. The Morgan fingerprint density at radius 1 is 1.33 bits per heavy atom. The summed E-state index contributed by atoms with van der Waals surface area (Å²) in [6.45, 7) is 5.24. The maximum atomic E-state index is 10.6. The molecular formula is C15H23N3O2S. The number of nitrogens with zero attached hydrogens (tertiary/aromatic N) is 1. The summed E-state index contributed by atoms with van der Waals surface area (Å²) in [5.41, 5.74) is 0.824. The SMILES string of the molecule is CCCC[C@H](CC)CNC(=S)Nc1ccc([N+](=O)[O-])cc1. The van der Waals surface area contributed by atoms with Crippen molar-refractivity contribution in [2.24, 2.45) is 5.92 Å². The standard InChI is InChI=1S/C15H23N3O2S/c1-3-5-6-12(4-2)11-16-15(21)17-13-7-9-14(10-8-13)18(19)20/h7-10,12H,3-6,11H2,1-2H3,(H2,16,17,21)/t12-/m0/s1. The highest BCUT2D eigenvalue weighted by Crippen LogP contribution is 2.15. The van der Waals surface area contributed by atoms with E-state index in [0.717, 1.165) is 18.7 Å². The van der Waals surface area contributed by atoms with Crippen LogP contribution in [0.2, 0.25) is 0 Å². The molecule has 0 radical (unpaired) electrons. The van der Waals surface area contributed by atoms with Crippen LogP contribution in [0.15, 0.2) is 24.3 Å². The minimum absolute atomic E-state index is 0.0741. The van der Waals surface area contributed by atoms with Crippen LogP contribution < -0.4 is 10.6 Å². The second kappa shape index (κ2) is 9.28. The van der Waals surface area contributed by atoms with Crippen LogP contribution in [-0.4, -0.2) is 16.6 Å². The number of nitro groups is 1. The quantitative estimate of drug-likeness (QED) is 0.430. The van der Waals surface area contributed by atoms with Crippen LogP contribution in [0, 0.1) is 16.0 Å². The van der Waals surface area contributed by atoms with Gasteiger partial charge in [-0.25, -0.2) is 0 Å². The molecule has 0 fully saturated rings. The predicted octanol–water partition coefficient (Wildman–Crippen LogP) is 4.10. The molecule has 0 aromatic heterocycles. The van der Waals surface area contributed by atoms with Crippen LogP contribution in [0.3, 0.4) is 0 Å². The van der Waals surface area contributed by atoms with E-state index in [2.05, 4.69) is 24.5 Å². The number of anilines is 1. The summed E-state index contributed by atoms with van der Waals surface area (Å²) >= 11 is 5.24. The predicted molar refractivity (Wildman–Crippen MR) is 90.6 cm³/mol. The van der Waals surface area contributed by atoms with Crippen LogP contribution in [0.5, 0.6) is 0 Å². The Morgan fingerprint density at radius 2 is 2.00 bits per heavy atom. The highest BCUT2D eigenvalue weighted by Gasteiger charge is 2.07. The first-order chi connectivity index (χ1) is 10.1. The van der Waals surface area contributed by atoms with Crippen LogP contribution in [-0.2, 0) is 0 Å². The van der Waals surface area contributed by atoms with Gasteiger partial charge in [0, 0.05) is 24.4 Å². The van der Waals surface area contributed by atoms with E-state index in [4.69, 9.17) is 12.2 Å². The van der Waals surface area contributed by atoms with Crippen LogP contribution in [0.25, 0.3) is 0 Å². The molecule has 0 heterocycles. The van der Waals surface area contributed by atoms with E-state index >= 15 is 0 Å². The molecule has 0 unspecified atom stereocenters. The monoisotopic (exact) mass is 309 g/mol. The van der Waals surface area contributed by atoms with E-state index in [1.807, 2.05) is 0 Å². The number of nitrogens with one attached hydrogen (secondary N) is 2. The summed E-state index contributed by atoms with van der Waals surface area (Å²) < 4.78 is 0. The first kappa shape index (κ1) is 17.4. The minimum Gasteiger partial charge on any atom is -0.362 e. The first-order valence-electron chi connectivity index (χ1n) is 7.36. The zero-order chi connectivity index (χ0) is 15.7. The number of rotatable bonds is 8. The Kier molecular flexibility index (Phi) is 7.68. The Hall–Kier alpha value is -1.69. The van der Waals surface area contributed by atoms with Gasteiger partial charge in [0.05, 0.1) is 4.92 Å². The van der Waals surface area contributed by atoms with Gasteiger partial charge < -0.3 is 10.6 Å². The van der Waals surface area contributed by atoms with E-state index in [-0.39, 0.29) is 5.69 Å². The molecule has 116 valence electrons. The smallest absolute Gasteiger partial charge is 0.269 e. The van der Waals surface area contributed by atoms with Gasteiger partial charge in [-0.05, 0) is 36.7 Å². The van der Waals surface area contributed by atoms with Crippen LogP contribution in [0.4, 0.5) is 11.4 Å². The van der Waals surface area contributed by atoms with Crippen molar-refractivity contribution < 1.29 is 4.92 Å². The first-order valence-corrected chi connectivity index (χ1v) is 7.77. The van der Waals surface area contributed by atoms with Crippen molar-refractivity contribution in [3.8, 4) is 0 Å². The van der Waals surface area contributed by atoms with Gasteiger partial charge in [0.2, 0.25) is 0 Å². The largest absolute Gasteiger partial charge is 0.362 e. The molecular weight excluding hydrogens is 286 g/mol. The summed E-state index contributed by atoms with van der Waals surface area (Å²) in [6.07, 6.45) is 4.79. The second-order valence-corrected chi connectivity index (χ2v) is 5.46. The molecule has 5 nitrogen and oxygen atoms in total. The van der Waals surface area contributed by atoms with E-state index < -0.39 is 4.92 Å². The van der Waals surface area contributed by atoms with E-state index in [0.29, 0.717) is 11.0 Å². The molecule has 0 bridgehead atoms. The van der Waals surface area contributed by atoms with Crippen molar-refractivity contribution in [3.05, 3.63) is 34.4 Å². The highest BCUT2D eigenvalue weighted by molar-refractivity contribution is 7.80. The van der Waals surface area contributed by atoms with Gasteiger partial charge in [-0.1, -0.05) is 33.1 Å². The number of hydrogen-bond acceptors (Lipinski definition) is 3. The summed E-state index contributed by atoms with van der Waals surface area (Å²) in [7, 11) is 0. The summed E-state index contributed by atoms with van der Waals surface area (Å²) in [5, 5.41) is 17.4. The van der Waals surface area contributed by atoms with E-state index in [1.54, 1.807) is 12.1 Å². The highest BCUT2D eigenvalue weighted by atomic mass is 32.1. The van der Waals surface area contributed by atoms with Crippen molar-refractivity contribution in [2.75, 3.05) is 11.9 Å². The number of non-ortho nitro benzene ring substituents is 1. The summed E-state index contributed by atoms with van der Waals surface area (Å²) in [4.78, 5) is 10.2. The molecule has 2 N–H and O–H groups in total. The topological polar surface area (TPSA) is 67.2 Å². The Morgan fingerprint density at radius 3 is 2.52 bits per heavy atom. The average Bonchev–Trinajstić information content (AvgIpc) is 2.48. The Balaban J connectivity index is 2.40. The van der Waals surface area contributed by atoms with E-state index in [1.165, 1.54) is 31.4 Å². The summed E-state index contributed by atoms with van der Waals surface area (Å²) in [5.74, 6) is 0.626. The second-order valence-electron chi connectivity index (χ2n) is 5.06. The van der Waals surface area contributed by atoms with Gasteiger partial charge in [-0.3, -0.25) is 10.1 Å². The lowest BCUT2D eigenvalue weighted by molar-refractivity contribution is -0.384. The van der Waals surface area contributed by atoms with Gasteiger partial charge in [-0.15, -0.1) is 0 Å². The summed E-state index contributed by atoms with van der Waals surface area (Å²) in [6, 6.07) is 6.23. The minimum atomic E-state index is -0.417. The zero-order valence-electron chi connectivity index (χ0n) is 12.6. The fourth-order valence-corrected chi connectivity index (χ4v) is 2.22. The molecule has 0 aliphatic rings. The number of nitro benzene ring substituents is 1. The molecule has 1 atom stereocenters. The number of benzene rings is 1. The lowest BCUT2D eigenvalue weighted by atomic mass is 9.99. The van der Waals surface area contributed by atoms with Crippen molar-refractivity contribution in [1.29, 1.82) is 0 Å². The molecule has 1 aromatic rings. The van der Waals surface area contributed by atoms with Gasteiger partial charge in [0.15, 0.2) is 5.11 Å². The van der Waals surface area contributed by atoms with Gasteiger partial charge in [0.1, 0.15) is 0 Å². The molecule has 1 rings (SSSR count). The maximum Gasteiger partial charge on any atom is 0.269 e. The molecule has 0 saturated heterocycles. The number of thiocarbonyl (C=S) groups is 1. The lowest BCUT2D eigenvalue weighted by Gasteiger charge is -2.17. The number of hydrogen-bond donors (Lipinski definition) is 2. The molecule has 6 heteroatoms. The van der Waals surface area contributed by atoms with Gasteiger partial charge >= 0.3 is 0 Å². The molecule has 21 heavy (non-hydrogen) atoms. The molecule has 0 amide bonds. The molecule has 0 aliphatic carbocycles. The normalized spacial score (nSPS) is 11.7. The fourth-order valence-electron chi connectivity index (χ4n) is 2.02. The zero-order valence-corrected chi connectivity index (χ0v) is 13.4. The van der Waals surface area contributed by atoms with E-state index in [9.17, 15) is 10.1 Å². The van der Waals surface area contributed by atoms with Crippen molar-refractivity contribution in [1.82, 2.24) is 5.32 Å². The molecule has 0 spiro atoms. The molecule has 0 aliphatic heterocycles. The van der Waals surface area contributed by atoms with Crippen molar-refractivity contribution in [3.63, 3.8) is 0 Å². The number of unbranched alkanes of at least 4 members (excludes halogenated alkanes) is 1. The van der Waals surface area contributed by atoms with Crippen LogP contribution in [0.1, 0.15) is 39.5 Å². The maximum absolute atomic E-state index is 10.6. The fraction of sp³-hybridized carbons (Fsp3) is 0.533. The lowest BCUT2D eigenvalue weighted by Crippen LogP contribution is -2.32. The van der Waals surface area contributed by atoms with Gasteiger partial charge in [0.25, 0.3) is 5.69 Å². The third-order valence-corrected chi connectivity index (χ3v) is 3.68.